The first-order valence-electron chi connectivity index (χ1n) is 7.56. The minimum atomic E-state index is -0.460. The van der Waals surface area contributed by atoms with E-state index in [2.05, 4.69) is 16.0 Å². The number of rotatable bonds is 1. The summed E-state index contributed by atoms with van der Waals surface area (Å²) in [6.45, 7) is 0. The van der Waals surface area contributed by atoms with E-state index in [4.69, 9.17) is 5.26 Å². The topological polar surface area (TPSA) is 56.5 Å². The van der Waals surface area contributed by atoms with Crippen LogP contribution >= 0.6 is 0 Å². The van der Waals surface area contributed by atoms with Crippen molar-refractivity contribution in [2.24, 2.45) is 4.99 Å². The zero-order valence-electron chi connectivity index (χ0n) is 12.1. The third-order valence-electron chi connectivity index (χ3n) is 4.76. The van der Waals surface area contributed by atoms with Crippen LogP contribution in [0.3, 0.4) is 0 Å². The summed E-state index contributed by atoms with van der Waals surface area (Å²) in [5.41, 5.74) is 2.18. The average Bonchev–Trinajstić information content (AvgIpc) is 3.15. The third kappa shape index (κ3) is 1.75. The lowest BCUT2D eigenvalue weighted by Crippen LogP contribution is -2.46. The quantitative estimate of drug-likeness (QED) is 0.798. The van der Waals surface area contributed by atoms with Gasteiger partial charge in [-0.3, -0.25) is 4.79 Å². The molecule has 0 unspecified atom stereocenters. The standard InChI is InChI=1S/C18H15N3O/c19-11-13-4-3-5-14(10-13)15-6-7-16-20-17(22)18(21(16)12-15)8-1-2-9-18/h3-7,10,12H,1-2,8-9H2. The van der Waals surface area contributed by atoms with Crippen molar-refractivity contribution in [1.29, 1.82) is 5.26 Å². The lowest BCUT2D eigenvalue weighted by Gasteiger charge is -2.34. The molecule has 1 amide bonds. The molecule has 4 nitrogen and oxygen atoms in total. The summed E-state index contributed by atoms with van der Waals surface area (Å²) in [7, 11) is 0. The van der Waals surface area contributed by atoms with Crippen molar-refractivity contribution in [3.63, 3.8) is 0 Å². The highest BCUT2D eigenvalue weighted by molar-refractivity contribution is 6.13. The number of hydrogen-bond acceptors (Lipinski definition) is 3. The lowest BCUT2D eigenvalue weighted by molar-refractivity contribution is -0.124. The number of carbonyl (C=O) groups is 1. The summed E-state index contributed by atoms with van der Waals surface area (Å²) in [4.78, 5) is 18.7. The molecule has 0 N–H and O–H groups in total. The van der Waals surface area contributed by atoms with E-state index in [0.717, 1.165) is 42.7 Å². The molecule has 0 saturated heterocycles. The highest BCUT2D eigenvalue weighted by atomic mass is 16.2. The van der Waals surface area contributed by atoms with Crippen molar-refractivity contribution in [3.8, 4) is 6.07 Å². The zero-order valence-corrected chi connectivity index (χ0v) is 12.1. The first-order chi connectivity index (χ1) is 10.7. The Kier molecular flexibility index (Phi) is 2.77. The number of carbonyl (C=O) groups excluding carboxylic acids is 1. The summed E-state index contributed by atoms with van der Waals surface area (Å²) in [6, 6.07) is 9.70. The zero-order chi connectivity index (χ0) is 15.2. The van der Waals surface area contributed by atoms with Crippen molar-refractivity contribution in [1.82, 2.24) is 4.90 Å². The van der Waals surface area contributed by atoms with Gasteiger partial charge in [-0.05, 0) is 48.3 Å². The normalized spacial score (nSPS) is 21.6. The van der Waals surface area contributed by atoms with E-state index in [0.29, 0.717) is 5.56 Å². The van der Waals surface area contributed by atoms with Crippen molar-refractivity contribution < 1.29 is 4.79 Å². The molecule has 1 aromatic rings. The number of nitriles is 1. The molecule has 4 heteroatoms. The van der Waals surface area contributed by atoms with E-state index >= 15 is 0 Å². The monoisotopic (exact) mass is 289 g/mol. The summed E-state index contributed by atoms with van der Waals surface area (Å²) < 4.78 is 0. The van der Waals surface area contributed by atoms with Gasteiger partial charge in [0.15, 0.2) is 0 Å². The van der Waals surface area contributed by atoms with Crippen LogP contribution in [0.2, 0.25) is 0 Å². The van der Waals surface area contributed by atoms with Crippen molar-refractivity contribution >= 4 is 17.3 Å². The maximum atomic E-state index is 12.4. The second kappa shape index (κ2) is 4.67. The van der Waals surface area contributed by atoms with Gasteiger partial charge in [0.05, 0.1) is 11.6 Å². The maximum Gasteiger partial charge on any atom is 0.273 e. The van der Waals surface area contributed by atoms with Gasteiger partial charge in [0.25, 0.3) is 5.91 Å². The first-order valence-corrected chi connectivity index (χ1v) is 7.56. The Morgan fingerprint density at radius 1 is 1.23 bits per heavy atom. The Bertz CT molecular complexity index is 789. The van der Waals surface area contributed by atoms with Crippen LogP contribution in [0.4, 0.5) is 0 Å². The second-order valence-corrected chi connectivity index (χ2v) is 5.99. The summed E-state index contributed by atoms with van der Waals surface area (Å²) in [6.07, 6.45) is 9.77. The molecular formula is C18H15N3O. The molecule has 0 atom stereocenters. The van der Waals surface area contributed by atoms with E-state index < -0.39 is 5.54 Å². The largest absolute Gasteiger partial charge is 0.317 e. The molecule has 4 rings (SSSR count). The number of hydrogen-bond donors (Lipinski definition) is 0. The Labute approximate surface area is 129 Å². The molecule has 1 saturated carbocycles. The Morgan fingerprint density at radius 2 is 2.05 bits per heavy atom. The fourth-order valence-electron chi connectivity index (χ4n) is 3.59. The van der Waals surface area contributed by atoms with Crippen molar-refractivity contribution in [3.05, 3.63) is 53.7 Å². The van der Waals surface area contributed by atoms with Gasteiger partial charge in [-0.1, -0.05) is 25.0 Å². The van der Waals surface area contributed by atoms with Gasteiger partial charge in [0.1, 0.15) is 11.4 Å². The molecule has 22 heavy (non-hydrogen) atoms. The fourth-order valence-corrected chi connectivity index (χ4v) is 3.59. The number of benzene rings is 1. The number of amidine groups is 1. The predicted molar refractivity (Wildman–Crippen MR) is 83.8 cm³/mol. The van der Waals surface area contributed by atoms with Crippen molar-refractivity contribution in [2.75, 3.05) is 0 Å². The molecule has 2 heterocycles. The molecule has 2 aliphatic heterocycles. The fraction of sp³-hybridized carbons (Fsp3) is 0.278. The van der Waals surface area contributed by atoms with Crippen LogP contribution in [0.25, 0.3) is 5.57 Å². The molecule has 3 aliphatic rings. The molecule has 108 valence electrons. The first kappa shape index (κ1) is 13.0. The maximum absolute atomic E-state index is 12.4. The minimum absolute atomic E-state index is 0.00655. The molecular weight excluding hydrogens is 274 g/mol. The van der Waals surface area contributed by atoms with Crippen LogP contribution in [0.15, 0.2) is 47.6 Å². The summed E-state index contributed by atoms with van der Waals surface area (Å²) >= 11 is 0. The SMILES string of the molecule is N#Cc1cccc(C2=CN3C(=NC(=O)C34CCCC4)C=C2)c1. The van der Waals surface area contributed by atoms with Crippen LogP contribution in [0.1, 0.15) is 36.8 Å². The molecule has 1 aromatic carbocycles. The predicted octanol–water partition coefficient (Wildman–Crippen LogP) is 3.02. The van der Waals surface area contributed by atoms with E-state index in [1.807, 2.05) is 36.6 Å². The number of nitrogens with zero attached hydrogens (tertiary/aromatic N) is 3. The highest BCUT2D eigenvalue weighted by Crippen LogP contribution is 2.42. The van der Waals surface area contributed by atoms with Crippen LogP contribution in [-0.4, -0.2) is 22.2 Å². The van der Waals surface area contributed by atoms with E-state index in [1.54, 1.807) is 6.07 Å². The van der Waals surface area contributed by atoms with Crippen LogP contribution in [-0.2, 0) is 4.79 Å². The number of amides is 1. The molecule has 1 fully saturated rings. The molecule has 0 radical (unpaired) electrons. The van der Waals surface area contributed by atoms with Crippen LogP contribution in [0.5, 0.6) is 0 Å². The summed E-state index contributed by atoms with van der Waals surface area (Å²) in [5.74, 6) is 0.736. The van der Waals surface area contributed by atoms with Crippen LogP contribution in [0, 0.1) is 11.3 Å². The van der Waals surface area contributed by atoms with E-state index in [1.165, 1.54) is 0 Å². The van der Waals surface area contributed by atoms with Gasteiger partial charge in [0.2, 0.25) is 0 Å². The van der Waals surface area contributed by atoms with Crippen LogP contribution < -0.4 is 0 Å². The molecule has 1 aliphatic carbocycles. The lowest BCUT2D eigenvalue weighted by atomic mass is 9.94. The van der Waals surface area contributed by atoms with Crippen molar-refractivity contribution in [2.45, 2.75) is 31.2 Å². The molecule has 0 aromatic heterocycles. The van der Waals surface area contributed by atoms with Gasteiger partial charge >= 0.3 is 0 Å². The smallest absolute Gasteiger partial charge is 0.273 e. The second-order valence-electron chi connectivity index (χ2n) is 5.99. The van der Waals surface area contributed by atoms with E-state index in [-0.39, 0.29) is 5.91 Å². The van der Waals surface area contributed by atoms with Gasteiger partial charge in [-0.15, -0.1) is 0 Å². The molecule has 0 bridgehead atoms. The molecule has 1 spiro atoms. The third-order valence-corrected chi connectivity index (χ3v) is 4.76. The Hall–Kier alpha value is -2.67. The van der Waals surface area contributed by atoms with Gasteiger partial charge in [0, 0.05) is 6.20 Å². The highest BCUT2D eigenvalue weighted by Gasteiger charge is 2.51. The minimum Gasteiger partial charge on any atom is -0.317 e. The Morgan fingerprint density at radius 3 is 2.82 bits per heavy atom. The number of fused-ring (bicyclic) bond motifs is 2. The van der Waals surface area contributed by atoms with Gasteiger partial charge in [-0.25, -0.2) is 0 Å². The summed E-state index contributed by atoms with van der Waals surface area (Å²) in [5, 5.41) is 9.05. The van der Waals surface area contributed by atoms with E-state index in [9.17, 15) is 4.79 Å². The number of aliphatic imine (C=N–C) groups is 1. The number of allylic oxidation sites excluding steroid dienone is 2. The Balaban J connectivity index is 1.76. The van der Waals surface area contributed by atoms with Gasteiger partial charge < -0.3 is 4.90 Å². The van der Waals surface area contributed by atoms with Gasteiger partial charge in [-0.2, -0.15) is 10.3 Å². The average molecular weight is 289 g/mol.